The summed E-state index contributed by atoms with van der Waals surface area (Å²) in [5.74, 6) is -0.610. The van der Waals surface area contributed by atoms with Crippen LogP contribution in [0.4, 0.5) is 19.7 Å². The monoisotopic (exact) mass is 572 g/mol. The highest BCUT2D eigenvalue weighted by molar-refractivity contribution is 7.22. The molecule has 204 valence electrons. The van der Waals surface area contributed by atoms with Crippen molar-refractivity contribution >= 4 is 55.0 Å². The number of hydrogen-bond acceptors (Lipinski definition) is 9. The number of aromatic nitrogens is 3. The number of aliphatic hydroxyl groups is 1. The Hall–Kier alpha value is -2.86. The Morgan fingerprint density at radius 2 is 1.82 bits per heavy atom. The van der Waals surface area contributed by atoms with Crippen LogP contribution in [-0.4, -0.2) is 57.4 Å². The lowest BCUT2D eigenvalue weighted by Gasteiger charge is -2.34. The lowest BCUT2D eigenvalue weighted by Crippen LogP contribution is -2.51. The van der Waals surface area contributed by atoms with Crippen LogP contribution in [0, 0.1) is 11.6 Å². The molecule has 4 N–H and O–H groups in total. The molecule has 3 fully saturated rings. The summed E-state index contributed by atoms with van der Waals surface area (Å²) >= 11 is 7.74. The Labute approximate surface area is 232 Å². The first-order chi connectivity index (χ1) is 18.9. The fourth-order valence-corrected chi connectivity index (χ4v) is 7.27. The van der Waals surface area contributed by atoms with Crippen molar-refractivity contribution in [2.75, 3.05) is 23.7 Å². The van der Waals surface area contributed by atoms with Gasteiger partial charge in [-0.2, -0.15) is 9.97 Å². The van der Waals surface area contributed by atoms with Crippen LogP contribution in [0.3, 0.4) is 0 Å². The minimum absolute atomic E-state index is 0.0173. The molecule has 2 aromatic carbocycles. The maximum Gasteiger partial charge on any atom is 0.319 e. The molecule has 2 bridgehead atoms. The SMILES string of the molecule is Nc1nc2c(-c3c(Cl)cc4c(N5CC6CCC(C5)N6)nc(OC5CCCCC5O)nc4c3F)ccc(F)c2s1. The van der Waals surface area contributed by atoms with Crippen molar-refractivity contribution in [3.8, 4) is 17.1 Å². The van der Waals surface area contributed by atoms with Crippen molar-refractivity contribution in [2.24, 2.45) is 0 Å². The van der Waals surface area contributed by atoms with Crippen LogP contribution in [0.5, 0.6) is 6.01 Å². The third-order valence-corrected chi connectivity index (χ3v) is 9.26. The number of aliphatic hydroxyl groups excluding tert-OH is 1. The predicted octanol–water partition coefficient (Wildman–Crippen LogP) is 5.04. The van der Waals surface area contributed by atoms with E-state index in [1.807, 2.05) is 0 Å². The fraction of sp³-hybridized carbons (Fsp3) is 0.444. The fourth-order valence-electron chi connectivity index (χ4n) is 6.21. The van der Waals surface area contributed by atoms with Crippen molar-refractivity contribution in [3.63, 3.8) is 0 Å². The molecule has 0 amide bonds. The molecular formula is C27H27ClF2N6O2S. The van der Waals surface area contributed by atoms with Gasteiger partial charge >= 0.3 is 6.01 Å². The van der Waals surface area contributed by atoms with Gasteiger partial charge in [-0.05, 0) is 50.3 Å². The number of anilines is 2. The molecule has 1 aliphatic carbocycles. The van der Waals surface area contributed by atoms with Gasteiger partial charge in [0.15, 0.2) is 10.9 Å². The first-order valence-electron chi connectivity index (χ1n) is 13.3. The van der Waals surface area contributed by atoms with Crippen molar-refractivity contribution in [2.45, 2.75) is 62.8 Å². The number of benzene rings is 2. The van der Waals surface area contributed by atoms with Gasteiger partial charge in [0.05, 0.1) is 21.3 Å². The van der Waals surface area contributed by atoms with Gasteiger partial charge in [-0.15, -0.1) is 0 Å². The minimum atomic E-state index is -0.673. The minimum Gasteiger partial charge on any atom is -0.457 e. The highest BCUT2D eigenvalue weighted by atomic mass is 35.5. The second-order valence-electron chi connectivity index (χ2n) is 10.6. The molecule has 0 spiro atoms. The lowest BCUT2D eigenvalue weighted by atomic mass is 9.95. The van der Waals surface area contributed by atoms with Crippen LogP contribution in [0.1, 0.15) is 38.5 Å². The summed E-state index contributed by atoms with van der Waals surface area (Å²) in [6.45, 7) is 1.43. The summed E-state index contributed by atoms with van der Waals surface area (Å²) in [7, 11) is 0. The van der Waals surface area contributed by atoms with Gasteiger partial charge in [-0.3, -0.25) is 0 Å². The van der Waals surface area contributed by atoms with E-state index >= 15 is 4.39 Å². The van der Waals surface area contributed by atoms with E-state index in [1.54, 1.807) is 6.07 Å². The van der Waals surface area contributed by atoms with Crippen LogP contribution >= 0.6 is 22.9 Å². The number of ether oxygens (including phenoxy) is 1. The summed E-state index contributed by atoms with van der Waals surface area (Å²) in [4.78, 5) is 15.7. The molecule has 0 radical (unpaired) electrons. The number of hydrogen-bond donors (Lipinski definition) is 3. The van der Waals surface area contributed by atoms with Crippen LogP contribution in [0.2, 0.25) is 5.02 Å². The summed E-state index contributed by atoms with van der Waals surface area (Å²) in [5.41, 5.74) is 6.55. The van der Waals surface area contributed by atoms with Crippen LogP contribution in [-0.2, 0) is 0 Å². The van der Waals surface area contributed by atoms with Gasteiger partial charge in [0.25, 0.3) is 0 Å². The van der Waals surface area contributed by atoms with Gasteiger partial charge in [0.2, 0.25) is 0 Å². The Kier molecular flexibility index (Phi) is 6.22. The Balaban J connectivity index is 1.41. The first kappa shape index (κ1) is 25.1. The molecule has 3 aliphatic rings. The molecule has 4 heterocycles. The summed E-state index contributed by atoms with van der Waals surface area (Å²) in [6, 6.07) is 5.04. The molecule has 2 aliphatic heterocycles. The molecule has 1 saturated carbocycles. The van der Waals surface area contributed by atoms with Crippen molar-refractivity contribution in [3.05, 3.63) is 34.9 Å². The van der Waals surface area contributed by atoms with Crippen molar-refractivity contribution in [1.82, 2.24) is 20.3 Å². The number of nitrogen functional groups attached to an aromatic ring is 1. The van der Waals surface area contributed by atoms with Gasteiger partial charge in [-0.1, -0.05) is 29.4 Å². The number of fused-ring (bicyclic) bond motifs is 4. The number of thiazole rings is 1. The lowest BCUT2D eigenvalue weighted by molar-refractivity contribution is 0.00215. The number of rotatable bonds is 4. The summed E-state index contributed by atoms with van der Waals surface area (Å²) in [5, 5.41) is 14.9. The number of piperazine rings is 1. The molecule has 8 nitrogen and oxygen atoms in total. The smallest absolute Gasteiger partial charge is 0.319 e. The molecule has 2 aromatic heterocycles. The quantitative estimate of drug-likeness (QED) is 0.312. The number of nitrogens with zero attached hydrogens (tertiary/aromatic N) is 4. The molecule has 4 atom stereocenters. The van der Waals surface area contributed by atoms with Crippen molar-refractivity contribution in [1.29, 1.82) is 0 Å². The van der Waals surface area contributed by atoms with E-state index in [2.05, 4.69) is 20.2 Å². The topological polar surface area (TPSA) is 109 Å². The maximum atomic E-state index is 16.5. The third-order valence-electron chi connectivity index (χ3n) is 8.06. The van der Waals surface area contributed by atoms with E-state index in [-0.39, 0.29) is 37.5 Å². The largest absolute Gasteiger partial charge is 0.457 e. The Morgan fingerprint density at radius 1 is 1.05 bits per heavy atom. The first-order valence-corrected chi connectivity index (χ1v) is 14.5. The zero-order chi connectivity index (χ0) is 26.8. The van der Waals surface area contributed by atoms with Crippen LogP contribution < -0.4 is 20.7 Å². The van der Waals surface area contributed by atoms with E-state index in [4.69, 9.17) is 27.1 Å². The van der Waals surface area contributed by atoms with Gasteiger partial charge in [0, 0.05) is 41.7 Å². The molecule has 2 saturated heterocycles. The average Bonchev–Trinajstić information content (AvgIpc) is 3.48. The third kappa shape index (κ3) is 4.35. The summed E-state index contributed by atoms with van der Waals surface area (Å²) < 4.78 is 37.4. The maximum absolute atomic E-state index is 16.5. The normalized spacial score (nSPS) is 25.1. The van der Waals surface area contributed by atoms with Gasteiger partial charge < -0.3 is 25.8 Å². The summed E-state index contributed by atoms with van der Waals surface area (Å²) in [6.07, 6.45) is 4.20. The van der Waals surface area contributed by atoms with E-state index in [9.17, 15) is 9.50 Å². The molecule has 7 rings (SSSR count). The number of nitrogens with two attached hydrogens (primary N) is 1. The van der Waals surface area contributed by atoms with E-state index in [0.29, 0.717) is 54.8 Å². The van der Waals surface area contributed by atoms with Crippen LogP contribution in [0.15, 0.2) is 18.2 Å². The predicted molar refractivity (Wildman–Crippen MR) is 149 cm³/mol. The second kappa shape index (κ2) is 9.65. The average molecular weight is 573 g/mol. The van der Waals surface area contributed by atoms with Gasteiger partial charge in [-0.25, -0.2) is 13.8 Å². The molecule has 4 unspecified atom stereocenters. The zero-order valence-corrected chi connectivity index (χ0v) is 22.5. The molecule has 12 heteroatoms. The molecular weight excluding hydrogens is 546 g/mol. The standard InChI is InChI=1S/C27H27ClF2N6O2S/c28-16-9-15-22(21(30)20(16)14-7-8-17(29)24-23(14)33-26(31)39-24)34-27(38-19-4-2-1-3-18(19)37)35-25(15)36-10-12-5-6-13(11-36)32-12/h7-9,12-13,18-19,32,37H,1-6,10-11H2,(H2,31,33). The zero-order valence-electron chi connectivity index (χ0n) is 21.0. The Bertz CT molecular complexity index is 1590. The van der Waals surface area contributed by atoms with E-state index in [1.165, 1.54) is 12.1 Å². The highest BCUT2D eigenvalue weighted by Gasteiger charge is 2.35. The molecule has 39 heavy (non-hydrogen) atoms. The number of halogens is 3. The van der Waals surface area contributed by atoms with Crippen molar-refractivity contribution < 1.29 is 18.6 Å². The van der Waals surface area contributed by atoms with E-state index in [0.717, 1.165) is 37.0 Å². The highest BCUT2D eigenvalue weighted by Crippen LogP contribution is 2.43. The molecule has 4 aromatic rings. The van der Waals surface area contributed by atoms with Crippen LogP contribution in [0.25, 0.3) is 32.2 Å². The van der Waals surface area contributed by atoms with Gasteiger partial charge in [0.1, 0.15) is 23.3 Å². The second-order valence-corrected chi connectivity index (χ2v) is 12.1. The Morgan fingerprint density at radius 3 is 2.59 bits per heavy atom. The van der Waals surface area contributed by atoms with E-state index < -0.39 is 23.8 Å². The number of nitrogens with one attached hydrogen (secondary N) is 1.